The Labute approximate surface area is 89.0 Å². The first-order valence-corrected chi connectivity index (χ1v) is 5.90. The number of aryl methyl sites for hydroxylation is 1. The molecular formula is C10H16N2OS. The molecule has 0 aliphatic heterocycles. The molecule has 0 fully saturated rings. The minimum atomic E-state index is 0.250. The van der Waals surface area contributed by atoms with E-state index in [0.29, 0.717) is 0 Å². The predicted molar refractivity (Wildman–Crippen MR) is 58.5 cm³/mol. The molecule has 3 nitrogen and oxygen atoms in total. The molecule has 1 aromatic heterocycles. The Morgan fingerprint density at radius 3 is 3.00 bits per heavy atom. The van der Waals surface area contributed by atoms with Gasteiger partial charge in [-0.15, -0.1) is 11.8 Å². The monoisotopic (exact) mass is 212 g/mol. The number of aliphatic hydroxyl groups excluding tert-OH is 1. The van der Waals surface area contributed by atoms with E-state index in [0.717, 1.165) is 35.7 Å². The van der Waals surface area contributed by atoms with Gasteiger partial charge in [-0.3, -0.25) is 0 Å². The molecule has 14 heavy (non-hydrogen) atoms. The van der Waals surface area contributed by atoms with Crippen molar-refractivity contribution >= 4 is 11.8 Å². The van der Waals surface area contributed by atoms with Gasteiger partial charge in [0, 0.05) is 18.1 Å². The van der Waals surface area contributed by atoms with E-state index in [4.69, 9.17) is 5.11 Å². The highest BCUT2D eigenvalue weighted by atomic mass is 32.2. The van der Waals surface area contributed by atoms with Crippen molar-refractivity contribution in [3.05, 3.63) is 18.1 Å². The van der Waals surface area contributed by atoms with Crippen LogP contribution < -0.4 is 0 Å². The molecule has 0 radical (unpaired) electrons. The number of aromatic nitrogens is 2. The first-order chi connectivity index (χ1) is 6.86. The van der Waals surface area contributed by atoms with Gasteiger partial charge in [0.2, 0.25) is 0 Å². The molecule has 0 atom stereocenters. The quantitative estimate of drug-likeness (QED) is 0.444. The number of aliphatic hydroxyl groups is 1. The van der Waals surface area contributed by atoms with E-state index in [1.54, 1.807) is 18.1 Å². The molecule has 1 rings (SSSR count). The topological polar surface area (TPSA) is 46.0 Å². The fourth-order valence-corrected chi connectivity index (χ4v) is 1.91. The molecular weight excluding hydrogens is 196 g/mol. The van der Waals surface area contributed by atoms with E-state index in [2.05, 4.69) is 16.9 Å². The molecule has 1 aromatic rings. The molecule has 0 unspecified atom stereocenters. The fraction of sp³-hybridized carbons (Fsp3) is 0.600. The Morgan fingerprint density at radius 2 is 2.29 bits per heavy atom. The molecule has 0 saturated heterocycles. The lowest BCUT2D eigenvalue weighted by atomic mass is 10.2. The van der Waals surface area contributed by atoms with E-state index in [1.165, 1.54) is 0 Å². The summed E-state index contributed by atoms with van der Waals surface area (Å²) < 4.78 is 0. The van der Waals surface area contributed by atoms with Crippen LogP contribution in [0.3, 0.4) is 0 Å². The van der Waals surface area contributed by atoms with Crippen molar-refractivity contribution < 1.29 is 5.11 Å². The first-order valence-electron chi connectivity index (χ1n) is 4.91. The summed E-state index contributed by atoms with van der Waals surface area (Å²) >= 11 is 1.67. The SMILES string of the molecule is CCCc1cc(SCCCO)ncn1. The second kappa shape index (κ2) is 6.79. The molecule has 0 bridgehead atoms. The van der Waals surface area contributed by atoms with Gasteiger partial charge in [-0.05, 0) is 18.9 Å². The lowest BCUT2D eigenvalue weighted by molar-refractivity contribution is 0.296. The van der Waals surface area contributed by atoms with Gasteiger partial charge in [0.1, 0.15) is 6.33 Å². The van der Waals surface area contributed by atoms with Crippen LogP contribution in [0.4, 0.5) is 0 Å². The highest BCUT2D eigenvalue weighted by Gasteiger charge is 1.98. The van der Waals surface area contributed by atoms with Crippen molar-refractivity contribution in [3.63, 3.8) is 0 Å². The van der Waals surface area contributed by atoms with Crippen molar-refractivity contribution in [2.24, 2.45) is 0 Å². The standard InChI is InChI=1S/C10H16N2OS/c1-2-4-9-7-10(12-8-11-9)14-6-3-5-13/h7-8,13H,2-6H2,1H3. The summed E-state index contributed by atoms with van der Waals surface area (Å²) in [6.07, 6.45) is 4.55. The third-order valence-corrected chi connectivity index (χ3v) is 2.77. The van der Waals surface area contributed by atoms with Crippen LogP contribution in [0, 0.1) is 0 Å². The first kappa shape index (κ1) is 11.5. The van der Waals surface area contributed by atoms with Gasteiger partial charge in [0.15, 0.2) is 0 Å². The van der Waals surface area contributed by atoms with Crippen molar-refractivity contribution in [1.29, 1.82) is 0 Å². The normalized spacial score (nSPS) is 10.4. The Morgan fingerprint density at radius 1 is 1.43 bits per heavy atom. The molecule has 0 aliphatic carbocycles. The van der Waals surface area contributed by atoms with Crippen LogP contribution in [-0.2, 0) is 6.42 Å². The van der Waals surface area contributed by atoms with Gasteiger partial charge in [0.05, 0.1) is 5.03 Å². The van der Waals surface area contributed by atoms with E-state index in [-0.39, 0.29) is 6.61 Å². The lowest BCUT2D eigenvalue weighted by Crippen LogP contribution is -1.93. The average molecular weight is 212 g/mol. The summed E-state index contributed by atoms with van der Waals surface area (Å²) in [5, 5.41) is 9.65. The number of rotatable bonds is 6. The van der Waals surface area contributed by atoms with E-state index < -0.39 is 0 Å². The highest BCUT2D eigenvalue weighted by Crippen LogP contribution is 2.16. The van der Waals surface area contributed by atoms with Crippen LogP contribution in [0.25, 0.3) is 0 Å². The van der Waals surface area contributed by atoms with Gasteiger partial charge >= 0.3 is 0 Å². The second-order valence-corrected chi connectivity index (χ2v) is 4.14. The summed E-state index contributed by atoms with van der Waals surface area (Å²) in [6.45, 7) is 2.39. The van der Waals surface area contributed by atoms with Gasteiger partial charge < -0.3 is 5.11 Å². The van der Waals surface area contributed by atoms with Gasteiger partial charge in [-0.25, -0.2) is 9.97 Å². The van der Waals surface area contributed by atoms with Crippen LogP contribution in [0.2, 0.25) is 0 Å². The van der Waals surface area contributed by atoms with Crippen LogP contribution in [0.15, 0.2) is 17.4 Å². The molecule has 0 amide bonds. The largest absolute Gasteiger partial charge is 0.396 e. The summed E-state index contributed by atoms with van der Waals surface area (Å²) in [5.41, 5.74) is 1.11. The Bertz CT molecular complexity index is 268. The summed E-state index contributed by atoms with van der Waals surface area (Å²) in [7, 11) is 0. The zero-order valence-corrected chi connectivity index (χ0v) is 9.26. The van der Waals surface area contributed by atoms with Crippen LogP contribution in [-0.4, -0.2) is 27.4 Å². The maximum atomic E-state index is 8.64. The molecule has 0 aromatic carbocycles. The van der Waals surface area contributed by atoms with Crippen LogP contribution >= 0.6 is 11.8 Å². The molecule has 78 valence electrons. The molecule has 0 spiro atoms. The van der Waals surface area contributed by atoms with Crippen LogP contribution in [0.1, 0.15) is 25.5 Å². The van der Waals surface area contributed by atoms with E-state index >= 15 is 0 Å². The van der Waals surface area contributed by atoms with Crippen molar-refractivity contribution in [2.45, 2.75) is 31.2 Å². The highest BCUT2D eigenvalue weighted by molar-refractivity contribution is 7.99. The molecule has 1 N–H and O–H groups in total. The molecule has 0 aliphatic rings. The number of nitrogens with zero attached hydrogens (tertiary/aromatic N) is 2. The number of hydrogen-bond donors (Lipinski definition) is 1. The third-order valence-electron chi connectivity index (χ3n) is 1.76. The average Bonchev–Trinajstić information content (AvgIpc) is 2.19. The number of thioether (sulfide) groups is 1. The second-order valence-electron chi connectivity index (χ2n) is 3.02. The van der Waals surface area contributed by atoms with Crippen LogP contribution in [0.5, 0.6) is 0 Å². The Balaban J connectivity index is 2.46. The van der Waals surface area contributed by atoms with E-state index in [9.17, 15) is 0 Å². The van der Waals surface area contributed by atoms with Crippen molar-refractivity contribution in [2.75, 3.05) is 12.4 Å². The van der Waals surface area contributed by atoms with Gasteiger partial charge in [-0.2, -0.15) is 0 Å². The molecule has 0 saturated carbocycles. The third kappa shape index (κ3) is 4.07. The summed E-state index contributed by atoms with van der Waals surface area (Å²) in [4.78, 5) is 8.35. The minimum absolute atomic E-state index is 0.250. The molecule has 4 heteroatoms. The van der Waals surface area contributed by atoms with Crippen molar-refractivity contribution in [1.82, 2.24) is 9.97 Å². The Kier molecular flexibility index (Phi) is 5.56. The zero-order chi connectivity index (χ0) is 10.2. The van der Waals surface area contributed by atoms with Gasteiger partial charge in [0.25, 0.3) is 0 Å². The van der Waals surface area contributed by atoms with Gasteiger partial charge in [-0.1, -0.05) is 13.3 Å². The molecule has 1 heterocycles. The lowest BCUT2D eigenvalue weighted by Gasteiger charge is -2.01. The number of hydrogen-bond acceptors (Lipinski definition) is 4. The minimum Gasteiger partial charge on any atom is -0.396 e. The Hall–Kier alpha value is -0.610. The summed E-state index contributed by atoms with van der Waals surface area (Å²) in [6, 6.07) is 2.03. The summed E-state index contributed by atoms with van der Waals surface area (Å²) in [5.74, 6) is 0.916. The maximum absolute atomic E-state index is 8.64. The smallest absolute Gasteiger partial charge is 0.116 e. The maximum Gasteiger partial charge on any atom is 0.116 e. The predicted octanol–water partition coefficient (Wildman–Crippen LogP) is 1.90. The van der Waals surface area contributed by atoms with Crippen molar-refractivity contribution in [3.8, 4) is 0 Å². The zero-order valence-electron chi connectivity index (χ0n) is 8.44. The van der Waals surface area contributed by atoms with E-state index in [1.807, 2.05) is 6.07 Å². The fourth-order valence-electron chi connectivity index (χ4n) is 1.09.